The molecule has 2 aliphatic rings. The van der Waals surface area contributed by atoms with Crippen LogP contribution in [-0.2, 0) is 10.3 Å². The lowest BCUT2D eigenvalue weighted by Crippen LogP contribution is -2.48. The average Bonchev–Trinajstić information content (AvgIpc) is 3.18. The Morgan fingerprint density at radius 3 is 2.16 bits per heavy atom. The van der Waals surface area contributed by atoms with Crippen LogP contribution in [0.3, 0.4) is 0 Å². The number of carbonyl (C=O) groups excluding carboxylic acids is 1. The number of anilines is 1. The van der Waals surface area contributed by atoms with Gasteiger partial charge in [0.25, 0.3) is 0 Å². The molecule has 0 aromatic heterocycles. The quantitative estimate of drug-likeness (QED) is 0.871. The van der Waals surface area contributed by atoms with Crippen molar-refractivity contribution in [3.63, 3.8) is 0 Å². The fraction of sp³-hybridized carbons (Fsp3) is 0.533. The van der Waals surface area contributed by atoms with Crippen LogP contribution in [0.1, 0.15) is 25.3 Å². The van der Waals surface area contributed by atoms with Gasteiger partial charge in [-0.2, -0.15) is 0 Å². The van der Waals surface area contributed by atoms with Gasteiger partial charge in [-0.15, -0.1) is 0 Å². The number of nitrogens with zero attached hydrogens (tertiary/aromatic N) is 2. The first-order chi connectivity index (χ1) is 9.08. The van der Waals surface area contributed by atoms with E-state index in [9.17, 15) is 4.79 Å². The zero-order valence-electron chi connectivity index (χ0n) is 11.4. The lowest BCUT2D eigenvalue weighted by Gasteiger charge is -2.35. The second-order valence-electron chi connectivity index (χ2n) is 5.70. The number of benzene rings is 1. The SMILES string of the molecule is CC(=O)N1CCN(c2ccc(C3(N)CC3)cc2)CC1. The number of amides is 1. The molecule has 1 heterocycles. The molecule has 1 saturated carbocycles. The lowest BCUT2D eigenvalue weighted by atomic mass is 10.1. The van der Waals surface area contributed by atoms with Crippen molar-refractivity contribution in [1.82, 2.24) is 4.90 Å². The van der Waals surface area contributed by atoms with E-state index in [4.69, 9.17) is 5.73 Å². The second-order valence-corrected chi connectivity index (χ2v) is 5.70. The second kappa shape index (κ2) is 4.53. The van der Waals surface area contributed by atoms with Crippen molar-refractivity contribution in [2.24, 2.45) is 5.73 Å². The van der Waals surface area contributed by atoms with E-state index in [0.29, 0.717) is 0 Å². The van der Waals surface area contributed by atoms with E-state index in [1.54, 1.807) is 6.92 Å². The molecular formula is C15H21N3O. The smallest absolute Gasteiger partial charge is 0.219 e. The minimum Gasteiger partial charge on any atom is -0.368 e. The average molecular weight is 259 g/mol. The first kappa shape index (κ1) is 12.5. The molecule has 1 aliphatic carbocycles. The molecule has 19 heavy (non-hydrogen) atoms. The molecule has 0 spiro atoms. The van der Waals surface area contributed by atoms with Crippen LogP contribution < -0.4 is 10.6 Å². The van der Waals surface area contributed by atoms with Crippen LogP contribution in [-0.4, -0.2) is 37.0 Å². The van der Waals surface area contributed by atoms with Gasteiger partial charge in [-0.3, -0.25) is 4.79 Å². The lowest BCUT2D eigenvalue weighted by molar-refractivity contribution is -0.129. The minimum atomic E-state index is -0.0497. The number of hydrogen-bond donors (Lipinski definition) is 1. The molecule has 1 aromatic rings. The molecule has 0 bridgehead atoms. The van der Waals surface area contributed by atoms with E-state index in [1.165, 1.54) is 11.3 Å². The van der Waals surface area contributed by atoms with Gasteiger partial charge in [-0.05, 0) is 30.5 Å². The van der Waals surface area contributed by atoms with E-state index in [0.717, 1.165) is 39.0 Å². The highest BCUT2D eigenvalue weighted by atomic mass is 16.2. The fourth-order valence-electron chi connectivity index (χ4n) is 2.71. The van der Waals surface area contributed by atoms with Gasteiger partial charge < -0.3 is 15.5 Å². The van der Waals surface area contributed by atoms with Gasteiger partial charge in [0.2, 0.25) is 5.91 Å². The van der Waals surface area contributed by atoms with E-state index in [1.807, 2.05) is 4.90 Å². The maximum absolute atomic E-state index is 11.3. The van der Waals surface area contributed by atoms with Crippen molar-refractivity contribution in [3.8, 4) is 0 Å². The van der Waals surface area contributed by atoms with E-state index in [2.05, 4.69) is 29.2 Å². The highest BCUT2D eigenvalue weighted by molar-refractivity contribution is 5.73. The summed E-state index contributed by atoms with van der Waals surface area (Å²) in [5.41, 5.74) is 8.62. The molecule has 3 rings (SSSR count). The summed E-state index contributed by atoms with van der Waals surface area (Å²) < 4.78 is 0. The summed E-state index contributed by atoms with van der Waals surface area (Å²) in [5, 5.41) is 0. The standard InChI is InChI=1S/C15H21N3O/c1-12(19)17-8-10-18(11-9-17)14-4-2-13(3-5-14)15(16)6-7-15/h2-5H,6-11,16H2,1H3. The number of hydrogen-bond acceptors (Lipinski definition) is 3. The maximum Gasteiger partial charge on any atom is 0.219 e. The Balaban J connectivity index is 1.65. The van der Waals surface area contributed by atoms with Crippen LogP contribution >= 0.6 is 0 Å². The van der Waals surface area contributed by atoms with E-state index < -0.39 is 0 Å². The third-order valence-corrected chi connectivity index (χ3v) is 4.32. The summed E-state index contributed by atoms with van der Waals surface area (Å²) in [5.74, 6) is 0.175. The summed E-state index contributed by atoms with van der Waals surface area (Å²) in [4.78, 5) is 15.5. The van der Waals surface area contributed by atoms with Crippen molar-refractivity contribution in [2.45, 2.75) is 25.3 Å². The maximum atomic E-state index is 11.3. The van der Waals surface area contributed by atoms with Crippen molar-refractivity contribution < 1.29 is 4.79 Å². The van der Waals surface area contributed by atoms with Crippen molar-refractivity contribution in [2.75, 3.05) is 31.1 Å². The molecule has 1 amide bonds. The van der Waals surface area contributed by atoms with Gasteiger partial charge in [0.05, 0.1) is 0 Å². The van der Waals surface area contributed by atoms with Crippen LogP contribution in [0.2, 0.25) is 0 Å². The molecule has 102 valence electrons. The Hall–Kier alpha value is -1.55. The molecule has 1 aromatic carbocycles. The predicted octanol–water partition coefficient (Wildman–Crippen LogP) is 1.30. The van der Waals surface area contributed by atoms with Crippen LogP contribution in [0.4, 0.5) is 5.69 Å². The third-order valence-electron chi connectivity index (χ3n) is 4.32. The third kappa shape index (κ3) is 2.45. The molecule has 4 heteroatoms. The van der Waals surface area contributed by atoms with Crippen molar-refractivity contribution in [1.29, 1.82) is 0 Å². The minimum absolute atomic E-state index is 0.0497. The van der Waals surface area contributed by atoms with Crippen LogP contribution in [0.25, 0.3) is 0 Å². The largest absolute Gasteiger partial charge is 0.368 e. The van der Waals surface area contributed by atoms with Gasteiger partial charge >= 0.3 is 0 Å². The molecular weight excluding hydrogens is 238 g/mol. The summed E-state index contributed by atoms with van der Waals surface area (Å²) in [6, 6.07) is 8.62. The topological polar surface area (TPSA) is 49.6 Å². The first-order valence-electron chi connectivity index (χ1n) is 6.98. The number of carbonyl (C=O) groups is 1. The van der Waals surface area contributed by atoms with E-state index >= 15 is 0 Å². The van der Waals surface area contributed by atoms with Crippen LogP contribution in [0, 0.1) is 0 Å². The van der Waals surface area contributed by atoms with Crippen molar-refractivity contribution >= 4 is 11.6 Å². The molecule has 1 aliphatic heterocycles. The van der Waals surface area contributed by atoms with Gasteiger partial charge in [0.1, 0.15) is 0 Å². The van der Waals surface area contributed by atoms with Crippen molar-refractivity contribution in [3.05, 3.63) is 29.8 Å². The monoisotopic (exact) mass is 259 g/mol. The molecule has 2 N–H and O–H groups in total. The van der Waals surface area contributed by atoms with Crippen LogP contribution in [0.15, 0.2) is 24.3 Å². The molecule has 2 fully saturated rings. The van der Waals surface area contributed by atoms with Gasteiger partial charge in [-0.1, -0.05) is 12.1 Å². The summed E-state index contributed by atoms with van der Waals surface area (Å²) in [6.07, 6.45) is 2.20. The molecule has 0 atom stereocenters. The Kier molecular flexibility index (Phi) is 2.97. The Labute approximate surface area is 114 Å². The van der Waals surface area contributed by atoms with E-state index in [-0.39, 0.29) is 11.4 Å². The molecule has 0 unspecified atom stereocenters. The zero-order valence-corrected chi connectivity index (χ0v) is 11.4. The predicted molar refractivity (Wildman–Crippen MR) is 76.0 cm³/mol. The summed E-state index contributed by atoms with van der Waals surface area (Å²) in [6.45, 7) is 5.09. The number of piperazine rings is 1. The Morgan fingerprint density at radius 2 is 1.68 bits per heavy atom. The zero-order chi connectivity index (χ0) is 13.5. The summed E-state index contributed by atoms with van der Waals surface area (Å²) >= 11 is 0. The number of nitrogens with two attached hydrogens (primary N) is 1. The highest BCUT2D eigenvalue weighted by Crippen LogP contribution is 2.42. The Morgan fingerprint density at radius 1 is 1.11 bits per heavy atom. The molecule has 1 saturated heterocycles. The first-order valence-corrected chi connectivity index (χ1v) is 6.98. The fourth-order valence-corrected chi connectivity index (χ4v) is 2.71. The molecule has 4 nitrogen and oxygen atoms in total. The van der Waals surface area contributed by atoms with Gasteiger partial charge in [-0.25, -0.2) is 0 Å². The molecule has 0 radical (unpaired) electrons. The van der Waals surface area contributed by atoms with Gasteiger partial charge in [0, 0.05) is 44.3 Å². The Bertz CT molecular complexity index is 471. The number of rotatable bonds is 2. The highest BCUT2D eigenvalue weighted by Gasteiger charge is 2.39. The van der Waals surface area contributed by atoms with Crippen LogP contribution in [0.5, 0.6) is 0 Å². The normalized spacial score (nSPS) is 21.4. The van der Waals surface area contributed by atoms with Gasteiger partial charge in [0.15, 0.2) is 0 Å². The summed E-state index contributed by atoms with van der Waals surface area (Å²) in [7, 11) is 0.